The number of fused-ring (bicyclic) bond motifs is 1. The van der Waals surface area contributed by atoms with Crippen molar-refractivity contribution in [1.82, 2.24) is 9.97 Å². The molecule has 1 aromatic carbocycles. The van der Waals surface area contributed by atoms with Gasteiger partial charge in [0.15, 0.2) is 5.82 Å². The molecule has 0 radical (unpaired) electrons. The highest BCUT2D eigenvalue weighted by Crippen LogP contribution is 2.40. The number of thiophene rings is 1. The number of nitrogens with one attached hydrogen (secondary N) is 1. The van der Waals surface area contributed by atoms with E-state index in [1.807, 2.05) is 29.5 Å². The van der Waals surface area contributed by atoms with Crippen molar-refractivity contribution in [2.24, 2.45) is 5.14 Å². The van der Waals surface area contributed by atoms with E-state index in [2.05, 4.69) is 15.3 Å². The molecular formula is C18H18N6O3S2. The van der Waals surface area contributed by atoms with Crippen molar-refractivity contribution in [3.63, 3.8) is 0 Å². The SMILES string of the molecule is CN1C(=O)C(c2cccs2)N(C)c2nc(Nc3ccc(S(N)(=O)=O)cc3)ncc21. The largest absolute Gasteiger partial charge is 0.341 e. The summed E-state index contributed by atoms with van der Waals surface area (Å²) < 4.78 is 22.8. The molecule has 11 heteroatoms. The van der Waals surface area contributed by atoms with Crippen LogP contribution in [0.15, 0.2) is 52.9 Å². The second-order valence-electron chi connectivity index (χ2n) is 6.52. The number of primary sulfonamides is 1. The molecule has 150 valence electrons. The molecule has 1 aliphatic rings. The number of nitrogens with two attached hydrogens (primary N) is 1. The van der Waals surface area contributed by atoms with Gasteiger partial charge >= 0.3 is 0 Å². The first-order valence-corrected chi connectivity index (χ1v) is 11.0. The fraction of sp³-hybridized carbons (Fsp3) is 0.167. The van der Waals surface area contributed by atoms with Crippen LogP contribution in [-0.2, 0) is 14.8 Å². The molecule has 2 aromatic heterocycles. The molecule has 3 N–H and O–H groups in total. The molecular weight excluding hydrogens is 412 g/mol. The third-order valence-corrected chi connectivity index (χ3v) is 6.50. The normalized spacial score (nSPS) is 16.7. The van der Waals surface area contributed by atoms with Crippen LogP contribution in [0.25, 0.3) is 0 Å². The van der Waals surface area contributed by atoms with Gasteiger partial charge in [0.25, 0.3) is 5.91 Å². The average molecular weight is 431 g/mol. The van der Waals surface area contributed by atoms with Gasteiger partial charge in [-0.25, -0.2) is 18.5 Å². The maximum absolute atomic E-state index is 12.8. The highest BCUT2D eigenvalue weighted by atomic mass is 32.2. The molecule has 0 saturated carbocycles. The van der Waals surface area contributed by atoms with Gasteiger partial charge in [0.05, 0.1) is 11.1 Å². The molecule has 1 aliphatic heterocycles. The van der Waals surface area contributed by atoms with Crippen LogP contribution in [0.2, 0.25) is 0 Å². The summed E-state index contributed by atoms with van der Waals surface area (Å²) in [7, 11) is -0.222. The van der Waals surface area contributed by atoms with Crippen molar-refractivity contribution < 1.29 is 13.2 Å². The predicted molar refractivity (Wildman–Crippen MR) is 112 cm³/mol. The Morgan fingerprint density at radius 3 is 2.52 bits per heavy atom. The third kappa shape index (κ3) is 3.55. The minimum atomic E-state index is -3.75. The van der Waals surface area contributed by atoms with Gasteiger partial charge in [-0.3, -0.25) is 4.79 Å². The molecule has 0 fully saturated rings. The highest BCUT2D eigenvalue weighted by molar-refractivity contribution is 7.89. The fourth-order valence-electron chi connectivity index (χ4n) is 3.13. The van der Waals surface area contributed by atoms with Crippen molar-refractivity contribution in [2.45, 2.75) is 10.9 Å². The zero-order chi connectivity index (χ0) is 20.8. The van der Waals surface area contributed by atoms with Crippen LogP contribution in [0.3, 0.4) is 0 Å². The number of aromatic nitrogens is 2. The van der Waals surface area contributed by atoms with Gasteiger partial charge in [0.2, 0.25) is 16.0 Å². The van der Waals surface area contributed by atoms with Crippen LogP contribution in [-0.4, -0.2) is 38.4 Å². The summed E-state index contributed by atoms with van der Waals surface area (Å²) in [6.45, 7) is 0. The van der Waals surface area contributed by atoms with Crippen molar-refractivity contribution in [2.75, 3.05) is 29.2 Å². The number of benzene rings is 1. The lowest BCUT2D eigenvalue weighted by molar-refractivity contribution is -0.119. The lowest BCUT2D eigenvalue weighted by atomic mass is 10.1. The smallest absolute Gasteiger partial charge is 0.255 e. The Labute approximate surface area is 171 Å². The molecule has 1 unspecified atom stereocenters. The van der Waals surface area contributed by atoms with Crippen LogP contribution in [0.4, 0.5) is 23.1 Å². The number of carbonyl (C=O) groups is 1. The molecule has 0 saturated heterocycles. The number of amides is 1. The van der Waals surface area contributed by atoms with E-state index < -0.39 is 16.1 Å². The number of likely N-dealkylation sites (N-methyl/N-ethyl adjacent to an activating group) is 2. The Morgan fingerprint density at radius 1 is 1.17 bits per heavy atom. The van der Waals surface area contributed by atoms with Gasteiger partial charge in [0, 0.05) is 24.7 Å². The molecule has 0 aliphatic carbocycles. The number of hydrogen-bond donors (Lipinski definition) is 2. The lowest BCUT2D eigenvalue weighted by Crippen LogP contribution is -2.45. The van der Waals surface area contributed by atoms with Crippen molar-refractivity contribution in [3.05, 3.63) is 52.9 Å². The Kier molecular flexibility index (Phi) is 4.73. The van der Waals surface area contributed by atoms with E-state index in [1.165, 1.54) is 23.5 Å². The summed E-state index contributed by atoms with van der Waals surface area (Å²) in [5, 5.41) is 10.1. The topological polar surface area (TPSA) is 122 Å². The van der Waals surface area contributed by atoms with E-state index in [9.17, 15) is 13.2 Å². The molecule has 9 nitrogen and oxygen atoms in total. The zero-order valence-corrected chi connectivity index (χ0v) is 17.2. The van der Waals surface area contributed by atoms with E-state index in [-0.39, 0.29) is 10.8 Å². The van der Waals surface area contributed by atoms with E-state index in [4.69, 9.17) is 5.14 Å². The molecule has 1 atom stereocenters. The molecule has 4 rings (SSSR count). The van der Waals surface area contributed by atoms with E-state index in [0.29, 0.717) is 23.1 Å². The first-order chi connectivity index (χ1) is 13.8. The van der Waals surface area contributed by atoms with Gasteiger partial charge in [-0.1, -0.05) is 6.07 Å². The number of nitrogens with zero attached hydrogens (tertiary/aromatic N) is 4. The second-order valence-corrected chi connectivity index (χ2v) is 9.06. The monoisotopic (exact) mass is 430 g/mol. The summed E-state index contributed by atoms with van der Waals surface area (Å²) in [5.74, 6) is 0.890. The summed E-state index contributed by atoms with van der Waals surface area (Å²) in [6.07, 6.45) is 1.59. The predicted octanol–water partition coefficient (Wildman–Crippen LogP) is 2.08. The number of rotatable bonds is 4. The molecule has 1 amide bonds. The van der Waals surface area contributed by atoms with Gasteiger partial charge in [-0.2, -0.15) is 4.98 Å². The maximum Gasteiger partial charge on any atom is 0.255 e. The van der Waals surface area contributed by atoms with Crippen LogP contribution < -0.4 is 20.3 Å². The van der Waals surface area contributed by atoms with Crippen LogP contribution >= 0.6 is 11.3 Å². The Bertz CT molecular complexity index is 1160. The minimum absolute atomic E-state index is 0.0214. The Hall–Kier alpha value is -3.02. The fourth-order valence-corrected chi connectivity index (χ4v) is 4.50. The van der Waals surface area contributed by atoms with Gasteiger partial charge in [0.1, 0.15) is 11.7 Å². The second kappa shape index (κ2) is 7.10. The lowest BCUT2D eigenvalue weighted by Gasteiger charge is -2.37. The maximum atomic E-state index is 12.8. The zero-order valence-electron chi connectivity index (χ0n) is 15.6. The summed E-state index contributed by atoms with van der Waals surface area (Å²) in [6, 6.07) is 9.35. The summed E-state index contributed by atoms with van der Waals surface area (Å²) >= 11 is 1.52. The Balaban J connectivity index is 1.65. The number of hydrogen-bond acceptors (Lipinski definition) is 8. The first kappa shape index (κ1) is 19.3. The number of carbonyl (C=O) groups excluding carboxylic acids is 1. The average Bonchev–Trinajstić information content (AvgIpc) is 3.20. The van der Waals surface area contributed by atoms with Crippen LogP contribution in [0.5, 0.6) is 0 Å². The highest BCUT2D eigenvalue weighted by Gasteiger charge is 2.37. The Morgan fingerprint density at radius 2 is 1.90 bits per heavy atom. The summed E-state index contributed by atoms with van der Waals surface area (Å²) in [4.78, 5) is 26.1. The van der Waals surface area contributed by atoms with E-state index in [0.717, 1.165) is 4.88 Å². The molecule has 3 aromatic rings. The molecule has 0 bridgehead atoms. The first-order valence-electron chi connectivity index (χ1n) is 8.56. The molecule has 0 spiro atoms. The molecule has 3 heterocycles. The quantitative estimate of drug-likeness (QED) is 0.650. The number of anilines is 4. The van der Waals surface area contributed by atoms with Crippen LogP contribution in [0.1, 0.15) is 10.9 Å². The van der Waals surface area contributed by atoms with Crippen molar-refractivity contribution in [1.29, 1.82) is 0 Å². The van der Waals surface area contributed by atoms with Crippen molar-refractivity contribution in [3.8, 4) is 0 Å². The summed E-state index contributed by atoms with van der Waals surface area (Å²) in [5.41, 5.74) is 1.22. The number of sulfonamides is 1. The van der Waals surface area contributed by atoms with Gasteiger partial charge in [-0.05, 0) is 35.7 Å². The van der Waals surface area contributed by atoms with Gasteiger partial charge < -0.3 is 15.1 Å². The minimum Gasteiger partial charge on any atom is -0.341 e. The standard InChI is InChI=1S/C18H18N6O3S2/c1-23-13-10-20-18(21-11-5-7-12(8-6-11)29(19,26)27)22-16(13)24(2)15(17(23)25)14-4-3-9-28-14/h3-10,15H,1-2H3,(H2,19,26,27)(H,20,21,22). The van der Waals surface area contributed by atoms with E-state index >= 15 is 0 Å². The van der Waals surface area contributed by atoms with Crippen LogP contribution in [0, 0.1) is 0 Å². The van der Waals surface area contributed by atoms with Crippen molar-refractivity contribution >= 4 is 50.4 Å². The molecule has 29 heavy (non-hydrogen) atoms. The third-order valence-electron chi connectivity index (χ3n) is 4.65. The van der Waals surface area contributed by atoms with E-state index in [1.54, 1.807) is 30.3 Å². The van der Waals surface area contributed by atoms with Gasteiger partial charge in [-0.15, -0.1) is 11.3 Å².